The second kappa shape index (κ2) is 5.99. The van der Waals surface area contributed by atoms with Crippen LogP contribution < -0.4 is 0 Å². The first-order valence-corrected chi connectivity index (χ1v) is 7.08. The first-order valence-electron chi connectivity index (χ1n) is 5.75. The monoisotopic (exact) mass is 331 g/mol. The molecule has 2 heterocycles. The molecule has 0 spiro atoms. The number of pyridine rings is 1. The van der Waals surface area contributed by atoms with Gasteiger partial charge in [0, 0.05) is 30.1 Å². The molecule has 0 aliphatic heterocycles. The zero-order valence-corrected chi connectivity index (χ0v) is 12.7. The van der Waals surface area contributed by atoms with Crippen LogP contribution in [0, 0.1) is 0 Å². The Bertz CT molecular complexity index is 543. The second-order valence-electron chi connectivity index (χ2n) is 4.12. The SMILES string of the molecule is COC(C)Cn1c(CCCl)nc2cc(Br)cnc21. The molecule has 4 nitrogen and oxygen atoms in total. The van der Waals surface area contributed by atoms with Gasteiger partial charge in [-0.2, -0.15) is 0 Å². The summed E-state index contributed by atoms with van der Waals surface area (Å²) in [7, 11) is 1.70. The van der Waals surface area contributed by atoms with Gasteiger partial charge in [-0.05, 0) is 28.9 Å². The van der Waals surface area contributed by atoms with Crippen molar-refractivity contribution in [2.24, 2.45) is 0 Å². The molecule has 0 saturated carbocycles. The van der Waals surface area contributed by atoms with Crippen molar-refractivity contribution in [3.63, 3.8) is 0 Å². The lowest BCUT2D eigenvalue weighted by Crippen LogP contribution is -2.17. The van der Waals surface area contributed by atoms with Crippen LogP contribution >= 0.6 is 27.5 Å². The number of ether oxygens (including phenoxy) is 1. The molecule has 18 heavy (non-hydrogen) atoms. The van der Waals surface area contributed by atoms with Gasteiger partial charge >= 0.3 is 0 Å². The molecule has 1 atom stereocenters. The first kappa shape index (κ1) is 13.8. The summed E-state index contributed by atoms with van der Waals surface area (Å²) in [5.41, 5.74) is 1.76. The quantitative estimate of drug-likeness (QED) is 0.790. The van der Waals surface area contributed by atoms with Crippen molar-refractivity contribution in [2.45, 2.75) is 26.0 Å². The topological polar surface area (TPSA) is 39.9 Å². The van der Waals surface area contributed by atoms with Crippen LogP contribution in [0.2, 0.25) is 0 Å². The van der Waals surface area contributed by atoms with Crippen LogP contribution in [0.1, 0.15) is 12.7 Å². The predicted octanol–water partition coefficient (Wildman–Crippen LogP) is 3.01. The molecule has 0 N–H and O–H groups in total. The van der Waals surface area contributed by atoms with Crippen molar-refractivity contribution in [2.75, 3.05) is 13.0 Å². The maximum absolute atomic E-state index is 5.82. The van der Waals surface area contributed by atoms with Crippen molar-refractivity contribution < 1.29 is 4.74 Å². The molecule has 0 bridgehead atoms. The van der Waals surface area contributed by atoms with Crippen molar-refractivity contribution in [1.29, 1.82) is 0 Å². The summed E-state index contributed by atoms with van der Waals surface area (Å²) in [6, 6.07) is 1.97. The fraction of sp³-hybridized carbons (Fsp3) is 0.500. The molecule has 0 amide bonds. The number of aromatic nitrogens is 3. The summed E-state index contributed by atoms with van der Waals surface area (Å²) in [6.45, 7) is 2.75. The minimum atomic E-state index is 0.113. The Morgan fingerprint density at radius 1 is 1.56 bits per heavy atom. The highest BCUT2D eigenvalue weighted by Gasteiger charge is 2.14. The fourth-order valence-electron chi connectivity index (χ4n) is 1.83. The predicted molar refractivity (Wildman–Crippen MR) is 76.1 cm³/mol. The van der Waals surface area contributed by atoms with Gasteiger partial charge in [-0.3, -0.25) is 0 Å². The summed E-state index contributed by atoms with van der Waals surface area (Å²) in [4.78, 5) is 9.01. The summed E-state index contributed by atoms with van der Waals surface area (Å²) in [6.07, 6.45) is 2.62. The Hall–Kier alpha value is -0.650. The zero-order valence-electron chi connectivity index (χ0n) is 10.4. The maximum Gasteiger partial charge on any atom is 0.160 e. The lowest BCUT2D eigenvalue weighted by molar-refractivity contribution is 0.103. The third kappa shape index (κ3) is 2.84. The molecule has 0 fully saturated rings. The van der Waals surface area contributed by atoms with Gasteiger partial charge < -0.3 is 9.30 Å². The van der Waals surface area contributed by atoms with E-state index in [1.807, 2.05) is 13.0 Å². The summed E-state index contributed by atoms with van der Waals surface area (Å²) in [5.74, 6) is 1.50. The molecule has 0 aliphatic carbocycles. The van der Waals surface area contributed by atoms with E-state index in [2.05, 4.69) is 30.5 Å². The number of nitrogens with zero attached hydrogens (tertiary/aromatic N) is 3. The van der Waals surface area contributed by atoms with Crippen LogP contribution in [-0.2, 0) is 17.7 Å². The van der Waals surface area contributed by atoms with E-state index in [4.69, 9.17) is 16.3 Å². The molecule has 2 rings (SSSR count). The zero-order chi connectivity index (χ0) is 13.1. The Balaban J connectivity index is 2.48. The van der Waals surface area contributed by atoms with Gasteiger partial charge in [0.05, 0.1) is 12.6 Å². The lowest BCUT2D eigenvalue weighted by atomic mass is 10.3. The van der Waals surface area contributed by atoms with Crippen LogP contribution in [0.5, 0.6) is 0 Å². The lowest BCUT2D eigenvalue weighted by Gasteiger charge is -2.13. The molecule has 2 aromatic rings. The Kier molecular flexibility index (Phi) is 4.59. The highest BCUT2D eigenvalue weighted by atomic mass is 79.9. The first-order chi connectivity index (χ1) is 8.65. The van der Waals surface area contributed by atoms with Crippen LogP contribution in [-0.4, -0.2) is 33.6 Å². The van der Waals surface area contributed by atoms with E-state index >= 15 is 0 Å². The van der Waals surface area contributed by atoms with E-state index in [1.165, 1.54) is 0 Å². The van der Waals surface area contributed by atoms with Crippen LogP contribution in [0.25, 0.3) is 11.2 Å². The van der Waals surface area contributed by atoms with Gasteiger partial charge in [0.2, 0.25) is 0 Å². The maximum atomic E-state index is 5.82. The highest BCUT2D eigenvalue weighted by molar-refractivity contribution is 9.10. The highest BCUT2D eigenvalue weighted by Crippen LogP contribution is 2.19. The molecule has 1 unspecified atom stereocenters. The Morgan fingerprint density at radius 3 is 3.00 bits per heavy atom. The van der Waals surface area contributed by atoms with Gasteiger partial charge in [0.1, 0.15) is 11.3 Å². The van der Waals surface area contributed by atoms with Crippen molar-refractivity contribution in [1.82, 2.24) is 14.5 Å². The normalized spacial score (nSPS) is 13.1. The van der Waals surface area contributed by atoms with E-state index in [0.717, 1.165) is 34.4 Å². The Labute approximate surface area is 119 Å². The number of aryl methyl sites for hydroxylation is 1. The molecule has 0 radical (unpaired) electrons. The van der Waals surface area contributed by atoms with Gasteiger partial charge in [0.25, 0.3) is 0 Å². The molecule has 0 aliphatic rings. The molecule has 0 saturated heterocycles. The van der Waals surface area contributed by atoms with E-state index in [0.29, 0.717) is 5.88 Å². The minimum absolute atomic E-state index is 0.113. The van der Waals surface area contributed by atoms with Gasteiger partial charge in [-0.15, -0.1) is 11.6 Å². The van der Waals surface area contributed by atoms with Gasteiger partial charge in [-0.25, -0.2) is 9.97 Å². The average molecular weight is 333 g/mol. The van der Waals surface area contributed by atoms with Crippen LogP contribution in [0.3, 0.4) is 0 Å². The number of halogens is 2. The fourth-order valence-corrected chi connectivity index (χ4v) is 2.32. The van der Waals surface area contributed by atoms with Crippen molar-refractivity contribution in [3.8, 4) is 0 Å². The standard InChI is InChI=1S/C12H15BrClN3O/c1-8(18-2)7-17-11(3-4-14)16-10-5-9(13)6-15-12(10)17/h5-6,8H,3-4,7H2,1-2H3. The third-order valence-electron chi connectivity index (χ3n) is 2.79. The number of hydrogen-bond donors (Lipinski definition) is 0. The number of methoxy groups -OCH3 is 1. The summed E-state index contributed by atoms with van der Waals surface area (Å²) in [5, 5.41) is 0. The average Bonchev–Trinajstić information content (AvgIpc) is 2.67. The van der Waals surface area contributed by atoms with Crippen LogP contribution in [0.15, 0.2) is 16.7 Å². The number of hydrogen-bond acceptors (Lipinski definition) is 3. The van der Waals surface area contributed by atoms with E-state index < -0.39 is 0 Å². The number of rotatable bonds is 5. The third-order valence-corrected chi connectivity index (χ3v) is 3.41. The largest absolute Gasteiger partial charge is 0.380 e. The number of imidazole rings is 1. The smallest absolute Gasteiger partial charge is 0.160 e. The number of alkyl halides is 1. The minimum Gasteiger partial charge on any atom is -0.380 e. The molecular weight excluding hydrogens is 318 g/mol. The summed E-state index contributed by atoms with van der Waals surface area (Å²) >= 11 is 9.23. The van der Waals surface area contributed by atoms with E-state index in [-0.39, 0.29) is 6.10 Å². The Morgan fingerprint density at radius 2 is 2.33 bits per heavy atom. The molecule has 98 valence electrons. The molecule has 6 heteroatoms. The second-order valence-corrected chi connectivity index (χ2v) is 5.41. The number of fused-ring (bicyclic) bond motifs is 1. The van der Waals surface area contributed by atoms with E-state index in [9.17, 15) is 0 Å². The van der Waals surface area contributed by atoms with Gasteiger partial charge in [-0.1, -0.05) is 0 Å². The van der Waals surface area contributed by atoms with E-state index in [1.54, 1.807) is 13.3 Å². The van der Waals surface area contributed by atoms with Crippen molar-refractivity contribution >= 4 is 38.7 Å². The van der Waals surface area contributed by atoms with Crippen LogP contribution in [0.4, 0.5) is 0 Å². The van der Waals surface area contributed by atoms with Gasteiger partial charge in [0.15, 0.2) is 5.65 Å². The van der Waals surface area contributed by atoms with Crippen molar-refractivity contribution in [3.05, 3.63) is 22.6 Å². The summed E-state index contributed by atoms with van der Waals surface area (Å²) < 4.78 is 8.32. The molecule has 0 aromatic carbocycles. The molecule has 2 aromatic heterocycles. The molecular formula is C12H15BrClN3O.